The molecule has 3 rings (SSSR count). The SMILES string of the molecule is CN(Cc1cc(=O)c2ccccc2[nH]1)C1CCS(=O)(=O)C1. The molecule has 0 radical (unpaired) electrons. The second kappa shape index (κ2) is 5.27. The molecule has 6 heteroatoms. The number of aromatic amines is 1. The summed E-state index contributed by atoms with van der Waals surface area (Å²) in [6.07, 6.45) is 0.663. The Morgan fingerprint density at radius 3 is 2.81 bits per heavy atom. The second-order valence-corrected chi connectivity index (χ2v) is 7.91. The molecule has 1 aromatic carbocycles. The van der Waals surface area contributed by atoms with Crippen molar-refractivity contribution in [1.29, 1.82) is 0 Å². The van der Waals surface area contributed by atoms with Gasteiger partial charge >= 0.3 is 0 Å². The van der Waals surface area contributed by atoms with Crippen molar-refractivity contribution in [2.45, 2.75) is 19.0 Å². The zero-order valence-corrected chi connectivity index (χ0v) is 12.7. The van der Waals surface area contributed by atoms with Crippen LogP contribution in [-0.4, -0.2) is 42.9 Å². The molecule has 0 spiro atoms. The molecule has 2 heterocycles. The average molecular weight is 306 g/mol. The Balaban J connectivity index is 1.83. The third-order valence-electron chi connectivity index (χ3n) is 4.04. The Labute approximate surface area is 123 Å². The van der Waals surface area contributed by atoms with Crippen molar-refractivity contribution < 1.29 is 8.42 Å². The van der Waals surface area contributed by atoms with Crippen molar-refractivity contribution in [3.8, 4) is 0 Å². The van der Waals surface area contributed by atoms with Crippen LogP contribution in [0.25, 0.3) is 10.9 Å². The maximum Gasteiger partial charge on any atom is 0.189 e. The van der Waals surface area contributed by atoms with Crippen molar-refractivity contribution in [2.24, 2.45) is 0 Å². The van der Waals surface area contributed by atoms with E-state index >= 15 is 0 Å². The van der Waals surface area contributed by atoms with E-state index in [2.05, 4.69) is 4.98 Å². The van der Waals surface area contributed by atoms with Crippen LogP contribution in [0.1, 0.15) is 12.1 Å². The van der Waals surface area contributed by atoms with Crippen LogP contribution in [-0.2, 0) is 16.4 Å². The predicted octanol–water partition coefficient (Wildman–Crippen LogP) is 1.15. The first-order chi connectivity index (χ1) is 9.94. The summed E-state index contributed by atoms with van der Waals surface area (Å²) in [6.45, 7) is 0.542. The lowest BCUT2D eigenvalue weighted by Crippen LogP contribution is -2.32. The maximum atomic E-state index is 12.1. The van der Waals surface area contributed by atoms with Crippen LogP contribution >= 0.6 is 0 Å². The molecule has 0 amide bonds. The quantitative estimate of drug-likeness (QED) is 0.923. The monoisotopic (exact) mass is 306 g/mol. The molecule has 1 atom stereocenters. The molecular weight excluding hydrogens is 288 g/mol. The lowest BCUT2D eigenvalue weighted by molar-refractivity contribution is 0.251. The Morgan fingerprint density at radius 2 is 2.10 bits per heavy atom. The number of fused-ring (bicyclic) bond motifs is 1. The number of hydrogen-bond donors (Lipinski definition) is 1. The normalized spacial score (nSPS) is 21.1. The van der Waals surface area contributed by atoms with E-state index in [0.29, 0.717) is 18.4 Å². The summed E-state index contributed by atoms with van der Waals surface area (Å²) < 4.78 is 23.1. The molecular formula is C15H18N2O3S. The zero-order chi connectivity index (χ0) is 15.0. The van der Waals surface area contributed by atoms with Crippen LogP contribution in [0.5, 0.6) is 0 Å². The van der Waals surface area contributed by atoms with Gasteiger partial charge in [0, 0.05) is 35.2 Å². The number of pyridine rings is 1. The predicted molar refractivity (Wildman–Crippen MR) is 83.1 cm³/mol. The van der Waals surface area contributed by atoms with Crippen molar-refractivity contribution in [3.63, 3.8) is 0 Å². The van der Waals surface area contributed by atoms with Gasteiger partial charge in [-0.05, 0) is 25.6 Å². The molecule has 1 aliphatic heterocycles. The number of hydrogen-bond acceptors (Lipinski definition) is 4. The second-order valence-electron chi connectivity index (χ2n) is 5.68. The molecule has 1 N–H and O–H groups in total. The molecule has 1 fully saturated rings. The van der Waals surface area contributed by atoms with E-state index in [4.69, 9.17) is 0 Å². The molecule has 0 saturated carbocycles. The van der Waals surface area contributed by atoms with E-state index in [1.54, 1.807) is 12.1 Å². The topological polar surface area (TPSA) is 70.2 Å². The highest BCUT2D eigenvalue weighted by atomic mass is 32.2. The van der Waals surface area contributed by atoms with Gasteiger partial charge in [-0.1, -0.05) is 12.1 Å². The van der Waals surface area contributed by atoms with E-state index in [1.807, 2.05) is 30.1 Å². The van der Waals surface area contributed by atoms with Gasteiger partial charge in [0.25, 0.3) is 0 Å². The fourth-order valence-corrected chi connectivity index (χ4v) is 4.66. The fourth-order valence-electron chi connectivity index (χ4n) is 2.86. The summed E-state index contributed by atoms with van der Waals surface area (Å²) in [5, 5.41) is 0.673. The van der Waals surface area contributed by atoms with Crippen LogP contribution in [0.15, 0.2) is 35.1 Å². The summed E-state index contributed by atoms with van der Waals surface area (Å²) in [4.78, 5) is 17.3. The van der Waals surface area contributed by atoms with Crippen LogP contribution in [0, 0.1) is 0 Å². The first-order valence-electron chi connectivity index (χ1n) is 6.96. The van der Waals surface area contributed by atoms with E-state index in [1.165, 1.54) is 0 Å². The first kappa shape index (κ1) is 14.3. The number of nitrogens with one attached hydrogen (secondary N) is 1. The van der Waals surface area contributed by atoms with Crippen LogP contribution in [0.2, 0.25) is 0 Å². The molecule has 0 aliphatic carbocycles. The minimum Gasteiger partial charge on any atom is -0.357 e. The minimum absolute atomic E-state index is 0.00760. The fraction of sp³-hybridized carbons (Fsp3) is 0.400. The van der Waals surface area contributed by atoms with Crippen LogP contribution < -0.4 is 5.43 Å². The van der Waals surface area contributed by atoms with Gasteiger partial charge in [-0.2, -0.15) is 0 Å². The molecule has 1 saturated heterocycles. The lowest BCUT2D eigenvalue weighted by Gasteiger charge is -2.22. The van der Waals surface area contributed by atoms with Gasteiger partial charge in [-0.15, -0.1) is 0 Å². The van der Waals surface area contributed by atoms with Gasteiger partial charge in [-0.25, -0.2) is 8.42 Å². The summed E-state index contributed by atoms with van der Waals surface area (Å²) >= 11 is 0. The van der Waals surface area contributed by atoms with Crippen molar-refractivity contribution in [2.75, 3.05) is 18.6 Å². The molecule has 1 aromatic heterocycles. The number of para-hydroxylation sites is 1. The third kappa shape index (κ3) is 3.01. The van der Waals surface area contributed by atoms with Crippen molar-refractivity contribution >= 4 is 20.7 Å². The van der Waals surface area contributed by atoms with Crippen LogP contribution in [0.4, 0.5) is 0 Å². The molecule has 0 bridgehead atoms. The number of H-pyrrole nitrogens is 1. The van der Waals surface area contributed by atoms with Crippen LogP contribution in [0.3, 0.4) is 0 Å². The van der Waals surface area contributed by atoms with Gasteiger partial charge in [-0.3, -0.25) is 9.69 Å². The molecule has 2 aromatic rings. The number of sulfone groups is 1. The third-order valence-corrected chi connectivity index (χ3v) is 5.79. The highest BCUT2D eigenvalue weighted by Crippen LogP contribution is 2.18. The lowest BCUT2D eigenvalue weighted by atomic mass is 10.1. The highest BCUT2D eigenvalue weighted by Gasteiger charge is 2.30. The van der Waals surface area contributed by atoms with E-state index in [0.717, 1.165) is 11.2 Å². The largest absolute Gasteiger partial charge is 0.357 e. The Bertz CT molecular complexity index is 826. The zero-order valence-electron chi connectivity index (χ0n) is 11.9. The van der Waals surface area contributed by atoms with E-state index < -0.39 is 9.84 Å². The van der Waals surface area contributed by atoms with Gasteiger partial charge < -0.3 is 4.98 Å². The smallest absolute Gasteiger partial charge is 0.189 e. The Hall–Kier alpha value is -1.66. The van der Waals surface area contributed by atoms with E-state index in [-0.39, 0.29) is 23.0 Å². The van der Waals surface area contributed by atoms with Crippen molar-refractivity contribution in [1.82, 2.24) is 9.88 Å². The highest BCUT2D eigenvalue weighted by molar-refractivity contribution is 7.91. The number of benzene rings is 1. The molecule has 112 valence electrons. The van der Waals surface area contributed by atoms with Gasteiger partial charge in [0.1, 0.15) is 0 Å². The Kier molecular flexibility index (Phi) is 3.59. The van der Waals surface area contributed by atoms with Gasteiger partial charge in [0.15, 0.2) is 15.3 Å². The summed E-state index contributed by atoms with van der Waals surface area (Å²) in [6, 6.07) is 9.03. The Morgan fingerprint density at radius 1 is 1.33 bits per heavy atom. The maximum absolute atomic E-state index is 12.1. The molecule has 1 aliphatic rings. The molecule has 21 heavy (non-hydrogen) atoms. The average Bonchev–Trinajstić information content (AvgIpc) is 2.79. The first-order valence-corrected chi connectivity index (χ1v) is 8.78. The summed E-state index contributed by atoms with van der Waals surface area (Å²) in [5.74, 6) is 0.470. The van der Waals surface area contributed by atoms with Gasteiger partial charge in [0.05, 0.1) is 11.5 Å². The number of rotatable bonds is 3. The van der Waals surface area contributed by atoms with Crippen molar-refractivity contribution in [3.05, 3.63) is 46.2 Å². The standard InChI is InChI=1S/C15H18N2O3S/c1-17(12-6-7-21(19,20)10-12)9-11-8-15(18)13-4-2-3-5-14(13)16-11/h2-5,8,12H,6-7,9-10H2,1H3,(H,16,18). The molecule has 1 unspecified atom stereocenters. The minimum atomic E-state index is -2.89. The van der Waals surface area contributed by atoms with Gasteiger partial charge in [0.2, 0.25) is 0 Å². The summed E-state index contributed by atoms with van der Waals surface area (Å²) in [5.41, 5.74) is 1.62. The summed E-state index contributed by atoms with van der Waals surface area (Å²) in [7, 11) is -0.987. The molecule has 5 nitrogen and oxygen atoms in total. The number of nitrogens with zero attached hydrogens (tertiary/aromatic N) is 1. The van der Waals surface area contributed by atoms with E-state index in [9.17, 15) is 13.2 Å². The number of aromatic nitrogens is 1.